The summed E-state index contributed by atoms with van der Waals surface area (Å²) in [5.74, 6) is 0. The second kappa shape index (κ2) is 6.94. The van der Waals surface area contributed by atoms with E-state index in [0.717, 1.165) is 24.9 Å². The molecule has 0 radical (unpaired) electrons. The number of unbranched alkanes of at least 4 members (excludes halogenated alkanes) is 1. The highest BCUT2D eigenvalue weighted by Gasteiger charge is 2.16. The first-order valence-electron chi connectivity index (χ1n) is 6.22. The molecule has 0 heterocycles. The van der Waals surface area contributed by atoms with Crippen LogP contribution in [0.25, 0.3) is 0 Å². The minimum absolute atomic E-state index is 0.00481. The molecule has 0 saturated heterocycles. The molecule has 1 rings (SSSR count). The minimum atomic E-state index is -0.00481. The van der Waals surface area contributed by atoms with Gasteiger partial charge in [-0.15, -0.1) is 0 Å². The van der Waals surface area contributed by atoms with Crippen LogP contribution in [0.3, 0.4) is 0 Å². The molecular weight excluding hydrogens is 212 g/mol. The zero-order valence-corrected chi connectivity index (χ0v) is 10.9. The molecule has 1 atom stereocenters. The fourth-order valence-corrected chi connectivity index (χ4v) is 1.63. The summed E-state index contributed by atoms with van der Waals surface area (Å²) in [4.78, 5) is 13.6. The Morgan fingerprint density at radius 1 is 1.35 bits per heavy atom. The van der Waals surface area contributed by atoms with Crippen molar-refractivity contribution >= 4 is 6.03 Å². The predicted octanol–water partition coefficient (Wildman–Crippen LogP) is 3.19. The third kappa shape index (κ3) is 4.10. The maximum atomic E-state index is 11.8. The van der Waals surface area contributed by atoms with Crippen LogP contribution in [-0.2, 0) is 0 Å². The average molecular weight is 234 g/mol. The highest BCUT2D eigenvalue weighted by Crippen LogP contribution is 2.17. The average Bonchev–Trinajstić information content (AvgIpc) is 2.38. The Morgan fingerprint density at radius 3 is 2.59 bits per heavy atom. The highest BCUT2D eigenvalue weighted by atomic mass is 16.2. The number of benzene rings is 1. The Labute approximate surface area is 104 Å². The Hall–Kier alpha value is -1.51. The van der Waals surface area contributed by atoms with Crippen LogP contribution in [0.15, 0.2) is 30.3 Å². The molecule has 0 saturated carbocycles. The lowest BCUT2D eigenvalue weighted by atomic mass is 10.1. The van der Waals surface area contributed by atoms with Crippen LogP contribution in [0.2, 0.25) is 0 Å². The van der Waals surface area contributed by atoms with Crippen molar-refractivity contribution in [3.05, 3.63) is 35.9 Å². The summed E-state index contributed by atoms with van der Waals surface area (Å²) in [6.45, 7) is 4.90. The SMILES string of the molecule is CCCCNC(=O)N(C)[C@H](C)c1ccccc1. The van der Waals surface area contributed by atoms with Crippen molar-refractivity contribution < 1.29 is 4.79 Å². The Bertz CT molecular complexity index is 337. The van der Waals surface area contributed by atoms with Crippen molar-refractivity contribution in [2.45, 2.75) is 32.7 Å². The minimum Gasteiger partial charge on any atom is -0.338 e. The lowest BCUT2D eigenvalue weighted by Crippen LogP contribution is -2.39. The predicted molar refractivity (Wildman–Crippen MR) is 70.9 cm³/mol. The van der Waals surface area contributed by atoms with E-state index in [1.165, 1.54) is 0 Å². The number of carbonyl (C=O) groups excluding carboxylic acids is 1. The number of hydrogen-bond acceptors (Lipinski definition) is 1. The van der Waals surface area contributed by atoms with E-state index < -0.39 is 0 Å². The number of rotatable bonds is 5. The number of nitrogens with one attached hydrogen (secondary N) is 1. The van der Waals surface area contributed by atoms with Gasteiger partial charge in [0.05, 0.1) is 6.04 Å². The van der Waals surface area contributed by atoms with Crippen LogP contribution >= 0.6 is 0 Å². The second-order valence-electron chi connectivity index (χ2n) is 4.28. The monoisotopic (exact) mass is 234 g/mol. The lowest BCUT2D eigenvalue weighted by Gasteiger charge is -2.25. The second-order valence-corrected chi connectivity index (χ2v) is 4.28. The van der Waals surface area contributed by atoms with Gasteiger partial charge in [0.25, 0.3) is 0 Å². The van der Waals surface area contributed by atoms with Crippen molar-refractivity contribution in [1.82, 2.24) is 10.2 Å². The van der Waals surface area contributed by atoms with Gasteiger partial charge in [0.15, 0.2) is 0 Å². The molecule has 1 N–H and O–H groups in total. The Balaban J connectivity index is 2.51. The molecule has 17 heavy (non-hydrogen) atoms. The van der Waals surface area contributed by atoms with Crippen LogP contribution in [0.4, 0.5) is 4.79 Å². The van der Waals surface area contributed by atoms with Gasteiger partial charge in [-0.1, -0.05) is 43.7 Å². The van der Waals surface area contributed by atoms with E-state index in [4.69, 9.17) is 0 Å². The molecular formula is C14H22N2O. The van der Waals surface area contributed by atoms with Crippen LogP contribution in [0.5, 0.6) is 0 Å². The van der Waals surface area contributed by atoms with E-state index in [2.05, 4.69) is 12.2 Å². The van der Waals surface area contributed by atoms with Crippen molar-refractivity contribution in [1.29, 1.82) is 0 Å². The van der Waals surface area contributed by atoms with Crippen molar-refractivity contribution in [3.8, 4) is 0 Å². The molecule has 1 aromatic carbocycles. The van der Waals surface area contributed by atoms with Gasteiger partial charge >= 0.3 is 6.03 Å². The molecule has 0 unspecified atom stereocenters. The van der Waals surface area contributed by atoms with E-state index in [0.29, 0.717) is 0 Å². The highest BCUT2D eigenvalue weighted by molar-refractivity contribution is 5.74. The van der Waals surface area contributed by atoms with Gasteiger partial charge in [-0.05, 0) is 18.9 Å². The summed E-state index contributed by atoms with van der Waals surface area (Å²) >= 11 is 0. The fraction of sp³-hybridized carbons (Fsp3) is 0.500. The smallest absolute Gasteiger partial charge is 0.317 e. The molecule has 94 valence electrons. The number of carbonyl (C=O) groups is 1. The van der Waals surface area contributed by atoms with Gasteiger partial charge in [0.1, 0.15) is 0 Å². The molecule has 0 aliphatic rings. The van der Waals surface area contributed by atoms with Crippen molar-refractivity contribution in [3.63, 3.8) is 0 Å². The molecule has 3 nitrogen and oxygen atoms in total. The number of urea groups is 1. The maximum absolute atomic E-state index is 11.8. The van der Waals surface area contributed by atoms with E-state index in [9.17, 15) is 4.79 Å². The van der Waals surface area contributed by atoms with E-state index in [1.54, 1.807) is 4.90 Å². The Kier molecular flexibility index (Phi) is 5.53. The van der Waals surface area contributed by atoms with Crippen LogP contribution in [0, 0.1) is 0 Å². The van der Waals surface area contributed by atoms with Gasteiger partial charge in [-0.3, -0.25) is 0 Å². The first-order valence-corrected chi connectivity index (χ1v) is 6.22. The quantitative estimate of drug-likeness (QED) is 0.780. The van der Waals surface area contributed by atoms with Crippen LogP contribution < -0.4 is 5.32 Å². The van der Waals surface area contributed by atoms with Gasteiger partial charge in [0.2, 0.25) is 0 Å². The molecule has 0 spiro atoms. The van der Waals surface area contributed by atoms with Gasteiger partial charge in [-0.25, -0.2) is 4.79 Å². The molecule has 0 aliphatic heterocycles. The molecule has 0 bridgehead atoms. The Morgan fingerprint density at radius 2 is 2.00 bits per heavy atom. The number of amides is 2. The zero-order chi connectivity index (χ0) is 12.7. The van der Waals surface area contributed by atoms with Crippen LogP contribution in [-0.4, -0.2) is 24.5 Å². The van der Waals surface area contributed by atoms with Crippen LogP contribution in [0.1, 0.15) is 38.3 Å². The van der Waals surface area contributed by atoms with E-state index >= 15 is 0 Å². The first kappa shape index (κ1) is 13.6. The standard InChI is InChI=1S/C14H22N2O/c1-4-5-11-15-14(17)16(3)12(2)13-9-7-6-8-10-13/h6-10,12H,4-5,11H2,1-3H3,(H,15,17)/t12-/m1/s1. The maximum Gasteiger partial charge on any atom is 0.317 e. The summed E-state index contributed by atoms with van der Waals surface area (Å²) in [7, 11) is 1.83. The van der Waals surface area contributed by atoms with Gasteiger partial charge in [-0.2, -0.15) is 0 Å². The fourth-order valence-electron chi connectivity index (χ4n) is 1.63. The summed E-state index contributed by atoms with van der Waals surface area (Å²) < 4.78 is 0. The van der Waals surface area contributed by atoms with E-state index in [-0.39, 0.29) is 12.1 Å². The van der Waals surface area contributed by atoms with Crippen molar-refractivity contribution in [2.24, 2.45) is 0 Å². The van der Waals surface area contributed by atoms with E-state index in [1.807, 2.05) is 44.3 Å². The summed E-state index contributed by atoms with van der Waals surface area (Å²) in [5.41, 5.74) is 1.15. The zero-order valence-electron chi connectivity index (χ0n) is 10.9. The number of nitrogens with zero attached hydrogens (tertiary/aromatic N) is 1. The molecule has 3 heteroatoms. The summed E-state index contributed by atoms with van der Waals surface area (Å²) in [5, 5.41) is 2.92. The largest absolute Gasteiger partial charge is 0.338 e. The number of hydrogen-bond donors (Lipinski definition) is 1. The molecule has 0 aliphatic carbocycles. The third-order valence-corrected chi connectivity index (χ3v) is 2.99. The molecule has 0 fully saturated rings. The normalized spacial score (nSPS) is 11.9. The van der Waals surface area contributed by atoms with Gasteiger partial charge < -0.3 is 10.2 Å². The lowest BCUT2D eigenvalue weighted by molar-refractivity contribution is 0.194. The summed E-state index contributed by atoms with van der Waals surface area (Å²) in [6, 6.07) is 10.1. The topological polar surface area (TPSA) is 32.3 Å². The van der Waals surface area contributed by atoms with Crippen molar-refractivity contribution in [2.75, 3.05) is 13.6 Å². The molecule has 1 aromatic rings. The third-order valence-electron chi connectivity index (χ3n) is 2.99. The summed E-state index contributed by atoms with van der Waals surface area (Å²) in [6.07, 6.45) is 2.12. The molecule has 0 aromatic heterocycles. The first-order chi connectivity index (χ1) is 8.16. The van der Waals surface area contributed by atoms with Gasteiger partial charge in [0, 0.05) is 13.6 Å². The molecule has 2 amide bonds.